The number of fused-ring (bicyclic) bond motifs is 1. The first-order chi connectivity index (χ1) is 14.1. The molecule has 1 N–H and O–H groups in total. The molecule has 2 aliphatic rings. The first-order valence-corrected chi connectivity index (χ1v) is 12.0. The van der Waals surface area contributed by atoms with Crippen LogP contribution in [0.1, 0.15) is 47.1 Å². The van der Waals surface area contributed by atoms with Crippen molar-refractivity contribution in [2.24, 2.45) is 5.92 Å². The third-order valence-electron chi connectivity index (χ3n) is 5.69. The summed E-state index contributed by atoms with van der Waals surface area (Å²) in [5.41, 5.74) is 1.83. The van der Waals surface area contributed by atoms with Crippen molar-refractivity contribution in [3.05, 3.63) is 38.4 Å². The fraction of sp³-hybridized carbons (Fsp3) is 0.545. The van der Waals surface area contributed by atoms with E-state index in [1.807, 2.05) is 6.07 Å². The Morgan fingerprint density at radius 1 is 1.45 bits per heavy atom. The Kier molecular flexibility index (Phi) is 6.66. The van der Waals surface area contributed by atoms with Crippen LogP contribution in [0.2, 0.25) is 0 Å². The quantitative estimate of drug-likeness (QED) is 0.707. The average Bonchev–Trinajstić information content (AvgIpc) is 3.42. The number of ether oxygens (including phenoxy) is 1. The van der Waals surface area contributed by atoms with Crippen LogP contribution in [0.5, 0.6) is 0 Å². The van der Waals surface area contributed by atoms with Gasteiger partial charge in [-0.2, -0.15) is 5.26 Å². The Balaban J connectivity index is 1.44. The largest absolute Gasteiger partial charge is 0.377 e. The van der Waals surface area contributed by atoms with Crippen LogP contribution in [0, 0.1) is 17.2 Å². The van der Waals surface area contributed by atoms with E-state index in [2.05, 4.69) is 34.7 Å². The van der Waals surface area contributed by atoms with Crippen LogP contribution in [0.4, 0.5) is 5.00 Å². The lowest BCUT2D eigenvalue weighted by atomic mass is 9.89. The minimum Gasteiger partial charge on any atom is -0.377 e. The third-order valence-corrected chi connectivity index (χ3v) is 7.72. The molecule has 0 aromatic carbocycles. The second kappa shape index (κ2) is 9.40. The van der Waals surface area contributed by atoms with Gasteiger partial charge >= 0.3 is 0 Å². The van der Waals surface area contributed by atoms with E-state index in [9.17, 15) is 10.1 Å². The van der Waals surface area contributed by atoms with E-state index >= 15 is 0 Å². The number of amides is 1. The Morgan fingerprint density at radius 2 is 2.34 bits per heavy atom. The van der Waals surface area contributed by atoms with Crippen LogP contribution >= 0.6 is 22.7 Å². The lowest BCUT2D eigenvalue weighted by Gasteiger charge is -2.24. The highest BCUT2D eigenvalue weighted by Crippen LogP contribution is 2.39. The van der Waals surface area contributed by atoms with E-state index in [0.29, 0.717) is 18.0 Å². The van der Waals surface area contributed by atoms with E-state index in [1.165, 1.54) is 9.75 Å². The number of hydrogen-bond acceptors (Lipinski definition) is 6. The zero-order chi connectivity index (χ0) is 20.2. The smallest absolute Gasteiger partial charge is 0.239 e. The Labute approximate surface area is 180 Å². The molecule has 2 aromatic heterocycles. The van der Waals surface area contributed by atoms with Crippen molar-refractivity contribution in [3.8, 4) is 6.07 Å². The molecule has 0 spiro atoms. The van der Waals surface area contributed by atoms with Gasteiger partial charge in [-0.1, -0.05) is 13.0 Å². The maximum Gasteiger partial charge on any atom is 0.239 e. The van der Waals surface area contributed by atoms with Crippen LogP contribution < -0.4 is 5.32 Å². The molecule has 29 heavy (non-hydrogen) atoms. The Hall–Kier alpha value is -1.72. The lowest BCUT2D eigenvalue weighted by Crippen LogP contribution is -2.37. The van der Waals surface area contributed by atoms with Gasteiger partial charge in [0.25, 0.3) is 0 Å². The van der Waals surface area contributed by atoms with Crippen molar-refractivity contribution in [3.63, 3.8) is 0 Å². The van der Waals surface area contributed by atoms with E-state index < -0.39 is 0 Å². The fourth-order valence-electron chi connectivity index (χ4n) is 4.21. The lowest BCUT2D eigenvalue weighted by molar-refractivity contribution is -0.117. The second-order valence-electron chi connectivity index (χ2n) is 8.10. The molecule has 0 bridgehead atoms. The molecule has 7 heteroatoms. The van der Waals surface area contributed by atoms with Gasteiger partial charge < -0.3 is 10.1 Å². The molecular formula is C22H27N3O2S2. The maximum absolute atomic E-state index is 12.9. The number of rotatable bonds is 7. The standard InChI is InChI=1S/C22H27N3O2S2/c1-15-6-7-18-19(11-23)22(29-20(18)10-15)24-21(26)14-25(12-16-4-2-8-27-16)13-17-5-3-9-28-17/h3,5,9,15-16H,2,4,6-8,10,12-14H2,1H3,(H,24,26)/t15-,16+/m0/s1. The summed E-state index contributed by atoms with van der Waals surface area (Å²) >= 11 is 3.30. The average molecular weight is 430 g/mol. The van der Waals surface area contributed by atoms with Crippen LogP contribution in [0.25, 0.3) is 0 Å². The molecule has 1 saturated heterocycles. The number of nitrogens with zero attached hydrogens (tertiary/aromatic N) is 2. The zero-order valence-corrected chi connectivity index (χ0v) is 18.4. The van der Waals surface area contributed by atoms with Crippen LogP contribution in [-0.4, -0.2) is 36.6 Å². The van der Waals surface area contributed by atoms with Gasteiger partial charge in [-0.05, 0) is 55.0 Å². The van der Waals surface area contributed by atoms with Crippen molar-refractivity contribution in [2.45, 2.75) is 51.7 Å². The van der Waals surface area contributed by atoms with Crippen molar-refractivity contribution < 1.29 is 9.53 Å². The van der Waals surface area contributed by atoms with E-state index in [0.717, 1.165) is 62.4 Å². The van der Waals surface area contributed by atoms with Crippen molar-refractivity contribution in [1.82, 2.24) is 4.90 Å². The van der Waals surface area contributed by atoms with Crippen LogP contribution in [0.3, 0.4) is 0 Å². The number of thiophene rings is 2. The highest BCUT2D eigenvalue weighted by molar-refractivity contribution is 7.16. The fourth-order valence-corrected chi connectivity index (χ4v) is 6.33. The molecule has 1 fully saturated rings. The predicted octanol–water partition coefficient (Wildman–Crippen LogP) is 4.43. The molecule has 0 unspecified atom stereocenters. The molecule has 0 saturated carbocycles. The SMILES string of the molecule is C[C@H]1CCc2c(sc(NC(=O)CN(Cc3cccs3)C[C@H]3CCCO3)c2C#N)C1. The monoisotopic (exact) mass is 429 g/mol. The van der Waals surface area contributed by atoms with Crippen molar-refractivity contribution in [1.29, 1.82) is 5.26 Å². The number of nitriles is 1. The number of carbonyl (C=O) groups is 1. The molecule has 3 heterocycles. The molecule has 154 valence electrons. The summed E-state index contributed by atoms with van der Waals surface area (Å²) in [5, 5.41) is 15.5. The topological polar surface area (TPSA) is 65.4 Å². The summed E-state index contributed by atoms with van der Waals surface area (Å²) in [6.45, 7) is 4.87. The summed E-state index contributed by atoms with van der Waals surface area (Å²) in [6.07, 6.45) is 5.41. The molecule has 0 radical (unpaired) electrons. The summed E-state index contributed by atoms with van der Waals surface area (Å²) in [6, 6.07) is 6.48. The van der Waals surface area contributed by atoms with Gasteiger partial charge in [-0.25, -0.2) is 0 Å². The minimum atomic E-state index is -0.0531. The number of nitrogens with one attached hydrogen (secondary N) is 1. The van der Waals surface area contributed by atoms with E-state index in [-0.39, 0.29) is 12.0 Å². The number of hydrogen-bond donors (Lipinski definition) is 1. The predicted molar refractivity (Wildman–Crippen MR) is 117 cm³/mol. The van der Waals surface area contributed by atoms with Gasteiger partial charge in [-0.15, -0.1) is 22.7 Å². The van der Waals surface area contributed by atoms with Gasteiger partial charge in [0.2, 0.25) is 5.91 Å². The van der Waals surface area contributed by atoms with Gasteiger partial charge in [0, 0.05) is 29.5 Å². The molecule has 1 aliphatic carbocycles. The number of anilines is 1. The van der Waals surface area contributed by atoms with Crippen LogP contribution in [0.15, 0.2) is 17.5 Å². The molecular weight excluding hydrogens is 402 g/mol. The summed E-state index contributed by atoms with van der Waals surface area (Å²) in [7, 11) is 0. The third kappa shape index (κ3) is 5.07. The first-order valence-electron chi connectivity index (χ1n) is 10.3. The molecule has 4 rings (SSSR count). The van der Waals surface area contributed by atoms with E-state index in [4.69, 9.17) is 4.74 Å². The molecule has 2 atom stereocenters. The molecule has 1 amide bonds. The van der Waals surface area contributed by atoms with Crippen molar-refractivity contribution in [2.75, 3.05) is 25.0 Å². The Bertz CT molecular complexity index is 879. The van der Waals surface area contributed by atoms with Gasteiger partial charge in [0.15, 0.2) is 0 Å². The molecule has 1 aliphatic heterocycles. The highest BCUT2D eigenvalue weighted by atomic mass is 32.1. The second-order valence-corrected chi connectivity index (χ2v) is 10.2. The zero-order valence-electron chi connectivity index (χ0n) is 16.8. The van der Waals surface area contributed by atoms with Gasteiger partial charge in [0.05, 0.1) is 18.2 Å². The van der Waals surface area contributed by atoms with Gasteiger partial charge in [-0.3, -0.25) is 9.69 Å². The summed E-state index contributed by atoms with van der Waals surface area (Å²) in [5.74, 6) is 0.589. The molecule has 2 aromatic rings. The minimum absolute atomic E-state index is 0.0531. The maximum atomic E-state index is 12.9. The van der Waals surface area contributed by atoms with Crippen molar-refractivity contribution >= 4 is 33.6 Å². The number of carbonyl (C=O) groups excluding carboxylic acids is 1. The normalized spacial score (nSPS) is 21.1. The Morgan fingerprint density at radius 3 is 3.07 bits per heavy atom. The summed E-state index contributed by atoms with van der Waals surface area (Å²) in [4.78, 5) is 17.6. The molecule has 5 nitrogen and oxygen atoms in total. The van der Waals surface area contributed by atoms with Gasteiger partial charge in [0.1, 0.15) is 11.1 Å². The summed E-state index contributed by atoms with van der Waals surface area (Å²) < 4.78 is 5.79. The first kappa shape index (κ1) is 20.5. The van der Waals surface area contributed by atoms with Crippen LogP contribution in [-0.2, 0) is 28.9 Å². The highest BCUT2D eigenvalue weighted by Gasteiger charge is 2.26. The van der Waals surface area contributed by atoms with E-state index in [1.54, 1.807) is 22.7 Å².